The molecule has 1 amide bonds. The van der Waals surface area contributed by atoms with E-state index in [1.165, 1.54) is 21.4 Å². The van der Waals surface area contributed by atoms with E-state index in [-0.39, 0.29) is 23.8 Å². The molecule has 1 N–H and O–H groups in total. The lowest BCUT2D eigenvalue weighted by atomic mass is 10.2. The Morgan fingerprint density at radius 2 is 1.91 bits per heavy atom. The zero-order valence-electron chi connectivity index (χ0n) is 19.7. The Labute approximate surface area is 213 Å². The molecule has 35 heavy (non-hydrogen) atoms. The highest BCUT2D eigenvalue weighted by Crippen LogP contribution is 2.34. The minimum absolute atomic E-state index is 0.235. The monoisotopic (exact) mass is 510 g/mol. The van der Waals surface area contributed by atoms with Crippen LogP contribution in [0.5, 0.6) is 0 Å². The van der Waals surface area contributed by atoms with Gasteiger partial charge in [-0.25, -0.2) is 9.37 Å². The molecule has 1 aromatic carbocycles. The van der Waals surface area contributed by atoms with Gasteiger partial charge in [-0.15, -0.1) is 0 Å². The maximum atomic E-state index is 13.5. The standard InChI is InChI=1S/C26H27FN4O2S2/c1-3-4-5-6-13-28-22-20(24(32)30-14-7-8-17(2)23(30)29-22)15-21-25(33)31(26(34)35-21)16-18-9-11-19(27)12-10-18/h7-12,14-15,28H,3-6,13,16H2,1-2H3/b21-15+. The summed E-state index contributed by atoms with van der Waals surface area (Å²) in [5, 5.41) is 3.32. The smallest absolute Gasteiger partial charge is 0.267 e. The quantitative estimate of drug-likeness (QED) is 0.232. The van der Waals surface area contributed by atoms with Crippen LogP contribution < -0.4 is 10.9 Å². The van der Waals surface area contributed by atoms with Crippen LogP contribution in [0.25, 0.3) is 11.7 Å². The van der Waals surface area contributed by atoms with Gasteiger partial charge in [-0.05, 0) is 48.7 Å². The van der Waals surface area contributed by atoms with Crippen molar-refractivity contribution in [1.29, 1.82) is 0 Å². The zero-order chi connectivity index (χ0) is 24.9. The van der Waals surface area contributed by atoms with Gasteiger partial charge in [-0.2, -0.15) is 0 Å². The number of amides is 1. The summed E-state index contributed by atoms with van der Waals surface area (Å²) in [6.07, 6.45) is 7.61. The van der Waals surface area contributed by atoms with Crippen LogP contribution in [0, 0.1) is 12.7 Å². The lowest BCUT2D eigenvalue weighted by Gasteiger charge is -2.14. The fourth-order valence-corrected chi connectivity index (χ4v) is 5.11. The van der Waals surface area contributed by atoms with E-state index in [1.54, 1.807) is 30.5 Å². The normalized spacial score (nSPS) is 14.9. The summed E-state index contributed by atoms with van der Waals surface area (Å²) >= 11 is 6.60. The lowest BCUT2D eigenvalue weighted by Crippen LogP contribution is -2.27. The third kappa shape index (κ3) is 5.62. The van der Waals surface area contributed by atoms with Gasteiger partial charge in [0.2, 0.25) is 0 Å². The molecule has 2 aromatic heterocycles. The van der Waals surface area contributed by atoms with Gasteiger partial charge in [0.1, 0.15) is 21.6 Å². The summed E-state index contributed by atoms with van der Waals surface area (Å²) in [5.41, 5.74) is 2.30. The second-order valence-corrected chi connectivity index (χ2v) is 10.1. The number of hydrogen-bond donors (Lipinski definition) is 1. The van der Waals surface area contributed by atoms with Crippen LogP contribution in [0.1, 0.15) is 49.3 Å². The predicted octanol–water partition coefficient (Wildman–Crippen LogP) is 5.54. The van der Waals surface area contributed by atoms with Gasteiger partial charge in [0.05, 0.1) is 17.0 Å². The van der Waals surface area contributed by atoms with Crippen LogP contribution in [0.2, 0.25) is 0 Å². The van der Waals surface area contributed by atoms with Gasteiger partial charge in [0.15, 0.2) is 0 Å². The third-order valence-electron chi connectivity index (χ3n) is 5.81. The van der Waals surface area contributed by atoms with Crippen molar-refractivity contribution in [3.05, 3.63) is 80.4 Å². The molecule has 0 saturated carbocycles. The highest BCUT2D eigenvalue weighted by Gasteiger charge is 2.32. The number of aryl methyl sites for hydroxylation is 1. The van der Waals surface area contributed by atoms with Gasteiger partial charge in [0, 0.05) is 12.7 Å². The van der Waals surface area contributed by atoms with Crippen LogP contribution in [0.4, 0.5) is 10.2 Å². The number of benzene rings is 1. The molecule has 0 spiro atoms. The second-order valence-electron chi connectivity index (χ2n) is 8.45. The molecule has 3 aromatic rings. The molecule has 182 valence electrons. The fourth-order valence-electron chi connectivity index (χ4n) is 3.87. The Kier molecular flexibility index (Phi) is 7.97. The maximum absolute atomic E-state index is 13.5. The first-order chi connectivity index (χ1) is 16.9. The van der Waals surface area contributed by atoms with Crippen LogP contribution in [-0.2, 0) is 11.3 Å². The van der Waals surface area contributed by atoms with Gasteiger partial charge in [0.25, 0.3) is 11.5 Å². The lowest BCUT2D eigenvalue weighted by molar-refractivity contribution is -0.122. The Balaban J connectivity index is 1.67. The van der Waals surface area contributed by atoms with E-state index in [0.717, 1.165) is 48.6 Å². The number of halogens is 1. The van der Waals surface area contributed by atoms with Gasteiger partial charge in [-0.3, -0.25) is 18.9 Å². The summed E-state index contributed by atoms with van der Waals surface area (Å²) in [5.74, 6) is -0.162. The van der Waals surface area contributed by atoms with Crippen LogP contribution >= 0.6 is 24.0 Å². The van der Waals surface area contributed by atoms with Crippen molar-refractivity contribution in [2.45, 2.75) is 46.1 Å². The number of aromatic nitrogens is 2. The van der Waals surface area contributed by atoms with E-state index in [0.29, 0.717) is 32.8 Å². The summed E-state index contributed by atoms with van der Waals surface area (Å²) in [6.45, 7) is 4.99. The number of rotatable bonds is 9. The molecule has 4 rings (SSSR count). The number of thiocarbonyl (C=S) groups is 1. The molecular weight excluding hydrogens is 483 g/mol. The number of unbranched alkanes of at least 4 members (excludes halogenated alkanes) is 3. The fraction of sp³-hybridized carbons (Fsp3) is 0.308. The summed E-state index contributed by atoms with van der Waals surface area (Å²) < 4.78 is 15.2. The average Bonchev–Trinajstić information content (AvgIpc) is 3.10. The van der Waals surface area contributed by atoms with Gasteiger partial charge >= 0.3 is 0 Å². The van der Waals surface area contributed by atoms with Crippen molar-refractivity contribution in [1.82, 2.24) is 14.3 Å². The molecule has 0 bridgehead atoms. The first-order valence-corrected chi connectivity index (χ1v) is 12.9. The minimum Gasteiger partial charge on any atom is -0.369 e. The molecule has 0 aliphatic carbocycles. The number of carbonyl (C=O) groups excluding carboxylic acids is 1. The van der Waals surface area contributed by atoms with Crippen LogP contribution in [0.15, 0.2) is 52.3 Å². The molecule has 9 heteroatoms. The van der Waals surface area contributed by atoms with Crippen molar-refractivity contribution >= 4 is 51.7 Å². The SMILES string of the molecule is CCCCCCNc1nc2c(C)cccn2c(=O)c1/C=C1/SC(=S)N(Cc2ccc(F)cc2)C1=O. The Morgan fingerprint density at radius 1 is 1.14 bits per heavy atom. The third-order valence-corrected chi connectivity index (χ3v) is 7.19. The van der Waals surface area contributed by atoms with Gasteiger partial charge in [-0.1, -0.05) is 68.4 Å². The number of anilines is 1. The maximum Gasteiger partial charge on any atom is 0.267 e. The molecule has 3 heterocycles. The second kappa shape index (κ2) is 11.1. The van der Waals surface area contributed by atoms with Crippen molar-refractivity contribution in [3.63, 3.8) is 0 Å². The molecule has 0 radical (unpaired) electrons. The molecule has 6 nitrogen and oxygen atoms in total. The van der Waals surface area contributed by atoms with Crippen molar-refractivity contribution in [2.24, 2.45) is 0 Å². The number of carbonyl (C=O) groups is 1. The van der Waals surface area contributed by atoms with Crippen LogP contribution in [0.3, 0.4) is 0 Å². The molecule has 0 atom stereocenters. The van der Waals surface area contributed by atoms with E-state index < -0.39 is 0 Å². The average molecular weight is 511 g/mol. The molecular formula is C26H27FN4O2S2. The highest BCUT2D eigenvalue weighted by atomic mass is 32.2. The molecule has 1 aliphatic rings. The predicted molar refractivity (Wildman–Crippen MR) is 144 cm³/mol. The highest BCUT2D eigenvalue weighted by molar-refractivity contribution is 8.26. The largest absolute Gasteiger partial charge is 0.369 e. The molecule has 1 fully saturated rings. The number of thioether (sulfide) groups is 1. The number of hydrogen-bond acceptors (Lipinski definition) is 6. The number of nitrogens with one attached hydrogen (secondary N) is 1. The topological polar surface area (TPSA) is 66.7 Å². The van der Waals surface area contributed by atoms with Crippen molar-refractivity contribution in [3.8, 4) is 0 Å². The van der Waals surface area contributed by atoms with Crippen molar-refractivity contribution in [2.75, 3.05) is 11.9 Å². The molecule has 0 unspecified atom stereocenters. The van der Waals surface area contributed by atoms with Crippen LogP contribution in [-0.4, -0.2) is 31.1 Å². The number of pyridine rings is 1. The van der Waals surface area contributed by atoms with E-state index >= 15 is 0 Å². The van der Waals surface area contributed by atoms with E-state index in [9.17, 15) is 14.0 Å². The number of fused-ring (bicyclic) bond motifs is 1. The Bertz CT molecular complexity index is 1350. The van der Waals surface area contributed by atoms with E-state index in [4.69, 9.17) is 17.2 Å². The van der Waals surface area contributed by atoms with Gasteiger partial charge < -0.3 is 5.32 Å². The number of nitrogens with zero attached hydrogens (tertiary/aromatic N) is 3. The zero-order valence-corrected chi connectivity index (χ0v) is 21.3. The minimum atomic E-state index is -0.340. The Morgan fingerprint density at radius 3 is 2.66 bits per heavy atom. The molecule has 1 saturated heterocycles. The van der Waals surface area contributed by atoms with E-state index in [1.807, 2.05) is 13.0 Å². The summed E-state index contributed by atoms with van der Waals surface area (Å²) in [4.78, 5) is 33.2. The first-order valence-electron chi connectivity index (χ1n) is 11.6. The molecule has 1 aliphatic heterocycles. The van der Waals surface area contributed by atoms with Crippen molar-refractivity contribution < 1.29 is 9.18 Å². The summed E-state index contributed by atoms with van der Waals surface area (Å²) in [6, 6.07) is 9.67. The summed E-state index contributed by atoms with van der Waals surface area (Å²) in [7, 11) is 0. The Hall–Kier alpha value is -3.04. The van der Waals surface area contributed by atoms with E-state index in [2.05, 4.69) is 12.2 Å². The first kappa shape index (κ1) is 25.1.